The fraction of sp³-hybridized carbons (Fsp3) is 0.174. The van der Waals surface area contributed by atoms with Gasteiger partial charge in [-0.2, -0.15) is 0 Å². The molecule has 1 amide bonds. The van der Waals surface area contributed by atoms with E-state index in [0.29, 0.717) is 0 Å². The molecule has 3 aromatic carbocycles. The molecule has 4 rings (SSSR count). The Balaban J connectivity index is 1.41. The molecule has 2 N–H and O–H groups in total. The van der Waals surface area contributed by atoms with Crippen LogP contribution in [0.1, 0.15) is 33.8 Å². The third-order valence-electron chi connectivity index (χ3n) is 5.10. The highest BCUT2D eigenvalue weighted by Crippen LogP contribution is 2.41. The molecule has 0 spiro atoms. The quantitative estimate of drug-likeness (QED) is 0.609. The molecule has 3 aromatic rings. The first-order chi connectivity index (χ1) is 14.4. The summed E-state index contributed by atoms with van der Waals surface area (Å²) in [6.45, 7) is 0.164. The minimum Gasteiger partial charge on any atom is -0.349 e. The Labute approximate surface area is 175 Å². The van der Waals surface area contributed by atoms with Crippen LogP contribution in [0.25, 0.3) is 0 Å². The van der Waals surface area contributed by atoms with Crippen molar-refractivity contribution in [1.82, 2.24) is 10.0 Å². The fourth-order valence-electron chi connectivity index (χ4n) is 3.37. The number of sulfonamides is 1. The Hall–Kier alpha value is -3.03. The van der Waals surface area contributed by atoms with E-state index in [4.69, 9.17) is 0 Å². The second-order valence-electron chi connectivity index (χ2n) is 7.32. The zero-order chi connectivity index (χ0) is 21.1. The van der Waals surface area contributed by atoms with Crippen molar-refractivity contribution in [2.75, 3.05) is 0 Å². The maximum absolute atomic E-state index is 13.4. The summed E-state index contributed by atoms with van der Waals surface area (Å²) in [6.07, 6.45) is 0.728. The maximum atomic E-state index is 13.4. The molecule has 0 aromatic heterocycles. The second kappa shape index (κ2) is 8.38. The number of rotatable bonds is 7. The van der Waals surface area contributed by atoms with Crippen molar-refractivity contribution < 1.29 is 17.6 Å². The van der Waals surface area contributed by atoms with E-state index in [0.717, 1.165) is 17.5 Å². The van der Waals surface area contributed by atoms with Gasteiger partial charge in [0.05, 0.1) is 4.90 Å². The molecule has 30 heavy (non-hydrogen) atoms. The molecule has 1 aliphatic rings. The SMILES string of the molecule is O=C(NC1CC1c1cccc(F)c1)c1cccc(S(=O)(=O)NCc2ccccc2)c1. The average molecular weight is 424 g/mol. The van der Waals surface area contributed by atoms with Gasteiger partial charge in [0.25, 0.3) is 5.91 Å². The summed E-state index contributed by atoms with van der Waals surface area (Å²) in [6, 6.07) is 21.4. The van der Waals surface area contributed by atoms with Crippen LogP contribution in [0, 0.1) is 5.82 Å². The van der Waals surface area contributed by atoms with E-state index in [1.54, 1.807) is 18.2 Å². The lowest BCUT2D eigenvalue weighted by Gasteiger charge is -2.09. The Morgan fingerprint density at radius 1 is 0.967 bits per heavy atom. The monoisotopic (exact) mass is 424 g/mol. The molecule has 1 saturated carbocycles. The van der Waals surface area contributed by atoms with Crippen molar-refractivity contribution in [3.05, 3.63) is 101 Å². The summed E-state index contributed by atoms with van der Waals surface area (Å²) in [7, 11) is -3.76. The predicted molar refractivity (Wildman–Crippen MR) is 112 cm³/mol. The van der Waals surface area contributed by atoms with Crippen LogP contribution in [0.4, 0.5) is 4.39 Å². The lowest BCUT2D eigenvalue weighted by Crippen LogP contribution is -2.27. The van der Waals surface area contributed by atoms with Crippen LogP contribution in [0.3, 0.4) is 0 Å². The van der Waals surface area contributed by atoms with Crippen molar-refractivity contribution in [1.29, 1.82) is 0 Å². The highest BCUT2D eigenvalue weighted by atomic mass is 32.2. The summed E-state index contributed by atoms with van der Waals surface area (Å²) < 4.78 is 41.1. The zero-order valence-corrected chi connectivity index (χ0v) is 16.9. The van der Waals surface area contributed by atoms with E-state index < -0.39 is 10.0 Å². The van der Waals surface area contributed by atoms with E-state index in [2.05, 4.69) is 10.0 Å². The molecule has 154 valence electrons. The molecule has 7 heteroatoms. The average Bonchev–Trinajstić information content (AvgIpc) is 3.52. The van der Waals surface area contributed by atoms with Crippen LogP contribution in [0.5, 0.6) is 0 Å². The number of carbonyl (C=O) groups excluding carboxylic acids is 1. The van der Waals surface area contributed by atoms with Crippen LogP contribution < -0.4 is 10.0 Å². The summed E-state index contributed by atoms with van der Waals surface area (Å²) in [5.41, 5.74) is 1.95. The van der Waals surface area contributed by atoms with Crippen molar-refractivity contribution in [3.63, 3.8) is 0 Å². The van der Waals surface area contributed by atoms with Gasteiger partial charge in [-0.3, -0.25) is 4.79 Å². The van der Waals surface area contributed by atoms with Gasteiger partial charge in [0.2, 0.25) is 10.0 Å². The number of hydrogen-bond acceptors (Lipinski definition) is 3. The van der Waals surface area contributed by atoms with E-state index in [1.165, 1.54) is 24.3 Å². The van der Waals surface area contributed by atoms with E-state index in [1.807, 2.05) is 36.4 Å². The van der Waals surface area contributed by atoms with Gasteiger partial charge >= 0.3 is 0 Å². The molecule has 2 atom stereocenters. The Morgan fingerprint density at radius 3 is 2.50 bits per heavy atom. The highest BCUT2D eigenvalue weighted by Gasteiger charge is 2.39. The molecule has 0 heterocycles. The van der Waals surface area contributed by atoms with Gasteiger partial charge in [0.15, 0.2) is 0 Å². The summed E-state index contributed by atoms with van der Waals surface area (Å²) in [5.74, 6) is -0.575. The van der Waals surface area contributed by atoms with Gasteiger partial charge in [0.1, 0.15) is 5.82 Å². The first-order valence-electron chi connectivity index (χ1n) is 9.62. The lowest BCUT2D eigenvalue weighted by molar-refractivity contribution is 0.0950. The predicted octanol–water partition coefficient (Wildman–Crippen LogP) is 3.59. The topological polar surface area (TPSA) is 75.3 Å². The van der Waals surface area contributed by atoms with E-state index >= 15 is 0 Å². The molecule has 0 aliphatic heterocycles. The Morgan fingerprint density at radius 2 is 1.73 bits per heavy atom. The normalized spacial score (nSPS) is 18.0. The summed E-state index contributed by atoms with van der Waals surface area (Å²) >= 11 is 0. The maximum Gasteiger partial charge on any atom is 0.251 e. The van der Waals surface area contributed by atoms with Gasteiger partial charge in [-0.05, 0) is 47.9 Å². The van der Waals surface area contributed by atoms with Gasteiger partial charge in [-0.15, -0.1) is 0 Å². The number of benzene rings is 3. The third kappa shape index (κ3) is 4.75. The largest absolute Gasteiger partial charge is 0.349 e. The Kier molecular flexibility index (Phi) is 5.65. The van der Waals surface area contributed by atoms with Crippen LogP contribution in [-0.4, -0.2) is 20.4 Å². The molecule has 0 saturated heterocycles. The molecule has 2 unspecified atom stereocenters. The fourth-order valence-corrected chi connectivity index (χ4v) is 4.44. The number of hydrogen-bond donors (Lipinski definition) is 2. The standard InChI is InChI=1S/C23H21FN2O3S/c24-19-10-4-8-17(12-19)21-14-22(21)26-23(27)18-9-5-11-20(13-18)30(28,29)25-15-16-6-2-1-3-7-16/h1-13,21-22,25H,14-15H2,(H,26,27). The number of nitrogens with one attached hydrogen (secondary N) is 2. The minimum atomic E-state index is -3.76. The first kappa shape index (κ1) is 20.3. The Bertz CT molecular complexity index is 1170. The van der Waals surface area contributed by atoms with Crippen molar-refractivity contribution in [2.24, 2.45) is 0 Å². The molecular formula is C23H21FN2O3S. The molecule has 0 radical (unpaired) electrons. The van der Waals surface area contributed by atoms with E-state index in [-0.39, 0.29) is 40.7 Å². The lowest BCUT2D eigenvalue weighted by atomic mass is 10.1. The molecule has 1 aliphatic carbocycles. The van der Waals surface area contributed by atoms with Crippen LogP contribution >= 0.6 is 0 Å². The minimum absolute atomic E-state index is 0.0311. The molecular weight excluding hydrogens is 403 g/mol. The molecule has 5 nitrogen and oxygen atoms in total. The second-order valence-corrected chi connectivity index (χ2v) is 9.08. The van der Waals surface area contributed by atoms with Gasteiger partial charge in [0, 0.05) is 24.1 Å². The highest BCUT2D eigenvalue weighted by molar-refractivity contribution is 7.89. The van der Waals surface area contributed by atoms with Crippen molar-refractivity contribution in [3.8, 4) is 0 Å². The van der Waals surface area contributed by atoms with Gasteiger partial charge in [-0.25, -0.2) is 17.5 Å². The summed E-state index contributed by atoms with van der Waals surface area (Å²) in [5, 5.41) is 2.90. The smallest absolute Gasteiger partial charge is 0.251 e. The third-order valence-corrected chi connectivity index (χ3v) is 6.50. The molecule has 1 fully saturated rings. The summed E-state index contributed by atoms with van der Waals surface area (Å²) in [4.78, 5) is 12.6. The van der Waals surface area contributed by atoms with Crippen molar-refractivity contribution in [2.45, 2.75) is 29.8 Å². The number of halogens is 1. The van der Waals surface area contributed by atoms with Crippen LogP contribution in [0.2, 0.25) is 0 Å². The van der Waals surface area contributed by atoms with Crippen molar-refractivity contribution >= 4 is 15.9 Å². The van der Waals surface area contributed by atoms with Gasteiger partial charge in [-0.1, -0.05) is 48.5 Å². The van der Waals surface area contributed by atoms with Crippen LogP contribution in [0.15, 0.2) is 83.8 Å². The molecule has 0 bridgehead atoms. The number of carbonyl (C=O) groups is 1. The zero-order valence-electron chi connectivity index (χ0n) is 16.1. The van der Waals surface area contributed by atoms with Gasteiger partial charge < -0.3 is 5.32 Å². The first-order valence-corrected chi connectivity index (χ1v) is 11.1. The van der Waals surface area contributed by atoms with Crippen LogP contribution in [-0.2, 0) is 16.6 Å². The van der Waals surface area contributed by atoms with E-state index in [9.17, 15) is 17.6 Å². The number of amides is 1.